The molecule has 2 aromatic rings. The summed E-state index contributed by atoms with van der Waals surface area (Å²) in [5.41, 5.74) is 2.47. The summed E-state index contributed by atoms with van der Waals surface area (Å²) in [4.78, 5) is 10.7. The first-order valence-corrected chi connectivity index (χ1v) is 6.55. The van der Waals surface area contributed by atoms with E-state index in [0.717, 1.165) is 16.0 Å². The minimum Gasteiger partial charge on any atom is -0.396 e. The Kier molecular flexibility index (Phi) is 3.95. The van der Waals surface area contributed by atoms with E-state index in [-0.39, 0.29) is 12.5 Å². The van der Waals surface area contributed by atoms with Crippen molar-refractivity contribution < 1.29 is 5.11 Å². The first-order chi connectivity index (χ1) is 8.63. The van der Waals surface area contributed by atoms with Crippen LogP contribution < -0.4 is 16.6 Å². The van der Waals surface area contributed by atoms with Crippen molar-refractivity contribution >= 4 is 33.3 Å². The van der Waals surface area contributed by atoms with Gasteiger partial charge in [0.2, 0.25) is 5.95 Å². The van der Waals surface area contributed by atoms with Gasteiger partial charge in [-0.3, -0.25) is 5.43 Å². The predicted molar refractivity (Wildman–Crippen MR) is 74.7 cm³/mol. The largest absolute Gasteiger partial charge is 0.396 e. The van der Waals surface area contributed by atoms with E-state index < -0.39 is 0 Å². The zero-order valence-corrected chi connectivity index (χ0v) is 11.2. The summed E-state index contributed by atoms with van der Waals surface area (Å²) in [6.45, 7) is 4.79. The number of hydrogen-bond donors (Lipinski definition) is 4. The van der Waals surface area contributed by atoms with Crippen LogP contribution in [-0.4, -0.2) is 28.2 Å². The predicted octanol–water partition coefficient (Wildman–Crippen LogP) is 1.33. The fourth-order valence-corrected chi connectivity index (χ4v) is 2.46. The average Bonchev–Trinajstić information content (AvgIpc) is 2.75. The van der Waals surface area contributed by atoms with Crippen LogP contribution in [0.1, 0.15) is 11.8 Å². The van der Waals surface area contributed by atoms with Crippen molar-refractivity contribution in [2.24, 2.45) is 11.8 Å². The number of thiophene rings is 1. The fraction of sp³-hybridized carbons (Fsp3) is 0.455. The van der Waals surface area contributed by atoms with Crippen molar-refractivity contribution in [3.05, 3.63) is 10.9 Å². The zero-order chi connectivity index (χ0) is 13.1. The Bertz CT molecular complexity index is 541. The van der Waals surface area contributed by atoms with E-state index >= 15 is 0 Å². The first-order valence-electron chi connectivity index (χ1n) is 5.73. The molecule has 1 unspecified atom stereocenters. The number of aromatic nitrogens is 2. The molecule has 6 nitrogen and oxygen atoms in total. The third-order valence-corrected chi connectivity index (χ3v) is 3.52. The van der Waals surface area contributed by atoms with Gasteiger partial charge in [0.25, 0.3) is 0 Å². The second-order valence-electron chi connectivity index (χ2n) is 4.28. The van der Waals surface area contributed by atoms with E-state index in [1.807, 2.05) is 19.9 Å². The molecular weight excluding hydrogens is 250 g/mol. The first kappa shape index (κ1) is 13.0. The molecular formula is C11H17N5OS. The summed E-state index contributed by atoms with van der Waals surface area (Å²) in [6.07, 6.45) is 0. The number of hydrogen-bond acceptors (Lipinski definition) is 7. The highest BCUT2D eigenvalue weighted by atomic mass is 32.1. The SMILES string of the molecule is Cc1cc2c(NCC(C)CO)nc(NN)nc2s1. The average molecular weight is 267 g/mol. The smallest absolute Gasteiger partial charge is 0.240 e. The van der Waals surface area contributed by atoms with Gasteiger partial charge in [-0.15, -0.1) is 11.3 Å². The normalized spacial score (nSPS) is 12.7. The minimum absolute atomic E-state index is 0.145. The van der Waals surface area contributed by atoms with Crippen LogP contribution in [0.4, 0.5) is 11.8 Å². The maximum absolute atomic E-state index is 9.03. The number of nitrogens with zero attached hydrogens (tertiary/aromatic N) is 2. The number of fused-ring (bicyclic) bond motifs is 1. The van der Waals surface area contributed by atoms with Crippen molar-refractivity contribution in [2.75, 3.05) is 23.9 Å². The molecule has 0 bridgehead atoms. The van der Waals surface area contributed by atoms with Gasteiger partial charge in [-0.1, -0.05) is 6.92 Å². The molecule has 2 rings (SSSR count). The standard InChI is InChI=1S/C11H17N5OS/c1-6(5-17)4-13-9-8-3-7(2)18-10(8)15-11(14-9)16-12/h3,6,17H,4-5,12H2,1-2H3,(H2,13,14,15,16). The Morgan fingerprint density at radius 3 is 2.94 bits per heavy atom. The maximum atomic E-state index is 9.03. The second kappa shape index (κ2) is 5.47. The molecule has 98 valence electrons. The Morgan fingerprint density at radius 1 is 1.50 bits per heavy atom. The molecule has 18 heavy (non-hydrogen) atoms. The zero-order valence-electron chi connectivity index (χ0n) is 10.4. The van der Waals surface area contributed by atoms with Crippen molar-refractivity contribution in [1.29, 1.82) is 0 Å². The third kappa shape index (κ3) is 2.69. The number of nitrogen functional groups attached to an aromatic ring is 1. The lowest BCUT2D eigenvalue weighted by molar-refractivity contribution is 0.244. The number of aliphatic hydroxyl groups excluding tert-OH is 1. The number of aryl methyl sites for hydroxylation is 1. The van der Waals surface area contributed by atoms with Gasteiger partial charge in [0.05, 0.1) is 5.39 Å². The summed E-state index contributed by atoms with van der Waals surface area (Å²) < 4.78 is 0. The van der Waals surface area contributed by atoms with Crippen molar-refractivity contribution in [3.63, 3.8) is 0 Å². The van der Waals surface area contributed by atoms with Crippen LogP contribution >= 0.6 is 11.3 Å². The van der Waals surface area contributed by atoms with Crippen LogP contribution in [0.3, 0.4) is 0 Å². The molecule has 7 heteroatoms. The molecule has 0 fully saturated rings. The van der Waals surface area contributed by atoms with Gasteiger partial charge in [0.15, 0.2) is 0 Å². The van der Waals surface area contributed by atoms with Gasteiger partial charge >= 0.3 is 0 Å². The van der Waals surface area contributed by atoms with Crippen molar-refractivity contribution in [3.8, 4) is 0 Å². The van der Waals surface area contributed by atoms with Crippen molar-refractivity contribution in [2.45, 2.75) is 13.8 Å². The highest BCUT2D eigenvalue weighted by Gasteiger charge is 2.10. The second-order valence-corrected chi connectivity index (χ2v) is 5.52. The number of hydrazine groups is 1. The van der Waals surface area contributed by atoms with Gasteiger partial charge in [-0.05, 0) is 18.9 Å². The number of nitrogens with one attached hydrogen (secondary N) is 2. The lowest BCUT2D eigenvalue weighted by atomic mass is 10.2. The van der Waals surface area contributed by atoms with Crippen LogP contribution in [0.25, 0.3) is 10.2 Å². The van der Waals surface area contributed by atoms with Gasteiger partial charge in [0, 0.05) is 18.0 Å². The topological polar surface area (TPSA) is 96.1 Å². The van der Waals surface area contributed by atoms with Gasteiger partial charge in [-0.2, -0.15) is 4.98 Å². The van der Waals surface area contributed by atoms with Gasteiger partial charge in [-0.25, -0.2) is 10.8 Å². The van der Waals surface area contributed by atoms with E-state index in [0.29, 0.717) is 12.5 Å². The summed E-state index contributed by atoms with van der Waals surface area (Å²) in [6, 6.07) is 2.05. The monoisotopic (exact) mass is 267 g/mol. The molecule has 0 aliphatic rings. The summed E-state index contributed by atoms with van der Waals surface area (Å²) in [5, 5.41) is 13.2. The molecule has 2 heterocycles. The molecule has 0 saturated heterocycles. The molecule has 2 aromatic heterocycles. The molecule has 0 aliphatic carbocycles. The lowest BCUT2D eigenvalue weighted by Crippen LogP contribution is -2.17. The quantitative estimate of drug-likeness (QED) is 0.482. The number of anilines is 2. The molecule has 0 aromatic carbocycles. The summed E-state index contributed by atoms with van der Waals surface area (Å²) >= 11 is 1.60. The van der Waals surface area contributed by atoms with E-state index in [4.69, 9.17) is 10.9 Å². The molecule has 0 saturated carbocycles. The van der Waals surface area contributed by atoms with Crippen LogP contribution in [0.2, 0.25) is 0 Å². The molecule has 1 atom stereocenters. The van der Waals surface area contributed by atoms with Crippen molar-refractivity contribution in [1.82, 2.24) is 9.97 Å². The van der Waals surface area contributed by atoms with Crippen LogP contribution in [0.5, 0.6) is 0 Å². The van der Waals surface area contributed by atoms with Crippen LogP contribution in [-0.2, 0) is 0 Å². The van der Waals surface area contributed by atoms with E-state index in [9.17, 15) is 0 Å². The Morgan fingerprint density at radius 2 is 2.28 bits per heavy atom. The molecule has 0 spiro atoms. The third-order valence-electron chi connectivity index (χ3n) is 2.57. The molecule has 0 aliphatic heterocycles. The van der Waals surface area contributed by atoms with Crippen LogP contribution in [0.15, 0.2) is 6.07 Å². The van der Waals surface area contributed by atoms with Gasteiger partial charge in [0.1, 0.15) is 10.6 Å². The number of nitrogens with two attached hydrogens (primary N) is 1. The van der Waals surface area contributed by atoms with E-state index in [1.54, 1.807) is 11.3 Å². The Labute approximate surface area is 109 Å². The number of rotatable bonds is 5. The van der Waals surface area contributed by atoms with E-state index in [2.05, 4.69) is 20.7 Å². The molecule has 0 amide bonds. The maximum Gasteiger partial charge on any atom is 0.240 e. The molecule has 0 radical (unpaired) electrons. The van der Waals surface area contributed by atoms with E-state index in [1.165, 1.54) is 4.88 Å². The highest BCUT2D eigenvalue weighted by molar-refractivity contribution is 7.18. The Balaban J connectivity index is 2.34. The summed E-state index contributed by atoms with van der Waals surface area (Å²) in [5.74, 6) is 6.67. The summed E-state index contributed by atoms with van der Waals surface area (Å²) in [7, 11) is 0. The molecule has 5 N–H and O–H groups in total. The Hall–Kier alpha value is -1.44. The van der Waals surface area contributed by atoms with Gasteiger partial charge < -0.3 is 10.4 Å². The highest BCUT2D eigenvalue weighted by Crippen LogP contribution is 2.29. The van der Waals surface area contributed by atoms with Crippen LogP contribution in [0, 0.1) is 12.8 Å². The fourth-order valence-electron chi connectivity index (χ4n) is 1.58. The number of aliphatic hydroxyl groups is 1. The lowest BCUT2D eigenvalue weighted by Gasteiger charge is -2.11. The minimum atomic E-state index is 0.145.